The molecule has 4 rings (SSSR count). The van der Waals surface area contributed by atoms with E-state index in [4.69, 9.17) is 10.5 Å². The number of nitrogens with zero attached hydrogens (tertiary/aromatic N) is 2. The maximum atomic E-state index is 13.0. The lowest BCUT2D eigenvalue weighted by Crippen LogP contribution is -2.42. The third kappa shape index (κ3) is 1.52. The van der Waals surface area contributed by atoms with Crippen LogP contribution < -0.4 is 15.8 Å². The van der Waals surface area contributed by atoms with E-state index < -0.39 is 5.41 Å². The number of ether oxygens (including phenoxy) is 1. The standard InChI is InChI=1S/C15H10BrN5O2/c1-6-11-13(21-20-6)23-12(18)9(5-17)15(11)8-3-2-7(16)4-10(8)19-14(15)22/h2-4H,18H2,1H3,(H,19,22)(H,20,21)/t15-/m0/s1. The highest BCUT2D eigenvalue weighted by Crippen LogP contribution is 2.53. The molecule has 3 heterocycles. The number of benzene rings is 1. The molecule has 1 aromatic heterocycles. The second-order valence-electron chi connectivity index (χ2n) is 5.38. The van der Waals surface area contributed by atoms with Gasteiger partial charge in [0.15, 0.2) is 0 Å². The number of halogens is 1. The first kappa shape index (κ1) is 13.8. The molecule has 8 heteroatoms. The molecule has 1 amide bonds. The van der Waals surface area contributed by atoms with Crippen LogP contribution in [0, 0.1) is 18.3 Å². The van der Waals surface area contributed by atoms with E-state index in [1.54, 1.807) is 19.1 Å². The number of nitrogens with one attached hydrogen (secondary N) is 2. The molecular weight excluding hydrogens is 362 g/mol. The summed E-state index contributed by atoms with van der Waals surface area (Å²) in [4.78, 5) is 13.0. The van der Waals surface area contributed by atoms with Gasteiger partial charge in [-0.15, -0.1) is 5.10 Å². The lowest BCUT2D eigenvalue weighted by atomic mass is 9.69. The van der Waals surface area contributed by atoms with E-state index in [1.807, 2.05) is 12.1 Å². The molecule has 2 aliphatic rings. The van der Waals surface area contributed by atoms with Gasteiger partial charge in [-0.05, 0) is 19.1 Å². The minimum absolute atomic E-state index is 0.0630. The van der Waals surface area contributed by atoms with E-state index in [1.165, 1.54) is 0 Å². The first-order valence-corrected chi connectivity index (χ1v) is 7.54. The van der Waals surface area contributed by atoms with Crippen LogP contribution in [0.15, 0.2) is 34.1 Å². The Balaban J connectivity index is 2.17. The molecule has 0 radical (unpaired) electrons. The monoisotopic (exact) mass is 371 g/mol. The minimum atomic E-state index is -1.35. The first-order valence-electron chi connectivity index (χ1n) is 6.75. The number of hydrogen-bond acceptors (Lipinski definition) is 5. The molecule has 0 aliphatic carbocycles. The number of rotatable bonds is 0. The van der Waals surface area contributed by atoms with Gasteiger partial charge in [0.25, 0.3) is 0 Å². The second-order valence-corrected chi connectivity index (χ2v) is 6.29. The topological polar surface area (TPSA) is 117 Å². The zero-order chi connectivity index (χ0) is 16.4. The zero-order valence-corrected chi connectivity index (χ0v) is 13.5. The summed E-state index contributed by atoms with van der Waals surface area (Å²) in [5.74, 6) is -0.249. The van der Waals surface area contributed by atoms with Crippen molar-refractivity contribution in [1.29, 1.82) is 5.26 Å². The number of fused-ring (bicyclic) bond motifs is 4. The second kappa shape index (κ2) is 4.36. The summed E-state index contributed by atoms with van der Waals surface area (Å²) in [5.41, 5.74) is 7.06. The highest BCUT2D eigenvalue weighted by Gasteiger charge is 2.58. The molecule has 0 bridgehead atoms. The van der Waals surface area contributed by atoms with Crippen LogP contribution in [0.1, 0.15) is 16.8 Å². The summed E-state index contributed by atoms with van der Waals surface area (Å²) in [6, 6.07) is 7.45. The van der Waals surface area contributed by atoms with Gasteiger partial charge in [0.2, 0.25) is 17.7 Å². The quantitative estimate of drug-likeness (QED) is 0.652. The van der Waals surface area contributed by atoms with Gasteiger partial charge in [-0.3, -0.25) is 9.89 Å². The number of H-pyrrole nitrogens is 1. The molecule has 2 aliphatic heterocycles. The smallest absolute Gasteiger partial charge is 0.245 e. The molecule has 1 aromatic carbocycles. The largest absolute Gasteiger partial charge is 0.420 e. The van der Waals surface area contributed by atoms with Crippen LogP contribution in [-0.2, 0) is 10.2 Å². The summed E-state index contributed by atoms with van der Waals surface area (Å²) >= 11 is 3.38. The van der Waals surface area contributed by atoms with Crippen LogP contribution in [0.5, 0.6) is 5.88 Å². The lowest BCUT2D eigenvalue weighted by molar-refractivity contribution is -0.118. The fourth-order valence-corrected chi connectivity index (χ4v) is 3.67. The SMILES string of the molecule is Cc1[nH]nc2c1[C@@]1(C(=O)Nc3cc(Br)ccc31)C(C#N)=C(N)O2. The zero-order valence-electron chi connectivity index (χ0n) is 11.9. The van der Waals surface area contributed by atoms with E-state index in [-0.39, 0.29) is 23.2 Å². The van der Waals surface area contributed by atoms with Gasteiger partial charge in [0, 0.05) is 21.4 Å². The molecule has 1 atom stereocenters. The maximum Gasteiger partial charge on any atom is 0.245 e. The molecule has 0 fully saturated rings. The van der Waals surface area contributed by atoms with Crippen LogP contribution in [0.2, 0.25) is 0 Å². The van der Waals surface area contributed by atoms with Crippen molar-refractivity contribution in [3.8, 4) is 11.9 Å². The highest BCUT2D eigenvalue weighted by molar-refractivity contribution is 9.10. The van der Waals surface area contributed by atoms with Crippen molar-refractivity contribution in [3.63, 3.8) is 0 Å². The number of aromatic nitrogens is 2. The fraction of sp³-hybridized carbons (Fsp3) is 0.133. The number of amides is 1. The molecule has 0 saturated carbocycles. The van der Waals surface area contributed by atoms with Gasteiger partial charge in [-0.1, -0.05) is 22.0 Å². The summed E-state index contributed by atoms with van der Waals surface area (Å²) in [6.07, 6.45) is 0. The van der Waals surface area contributed by atoms with Crippen LogP contribution in [0.25, 0.3) is 0 Å². The first-order chi connectivity index (χ1) is 11.0. The van der Waals surface area contributed by atoms with Crippen LogP contribution in [-0.4, -0.2) is 16.1 Å². The minimum Gasteiger partial charge on any atom is -0.420 e. The van der Waals surface area contributed by atoms with Gasteiger partial charge in [-0.2, -0.15) is 5.26 Å². The molecule has 0 unspecified atom stereocenters. The van der Waals surface area contributed by atoms with E-state index in [9.17, 15) is 10.1 Å². The molecule has 2 aromatic rings. The number of carbonyl (C=O) groups excluding carboxylic acids is 1. The number of carbonyl (C=O) groups is 1. The summed E-state index contributed by atoms with van der Waals surface area (Å²) in [5, 5.41) is 19.3. The summed E-state index contributed by atoms with van der Waals surface area (Å²) in [7, 11) is 0. The third-order valence-electron chi connectivity index (χ3n) is 4.20. The van der Waals surface area contributed by atoms with Gasteiger partial charge < -0.3 is 15.8 Å². The molecule has 1 spiro atoms. The van der Waals surface area contributed by atoms with Gasteiger partial charge in [0.1, 0.15) is 17.1 Å². The Morgan fingerprint density at radius 1 is 1.48 bits per heavy atom. The number of nitriles is 1. The molecule has 4 N–H and O–H groups in total. The molecule has 0 saturated heterocycles. The van der Waals surface area contributed by atoms with Crippen molar-refractivity contribution in [2.75, 3.05) is 5.32 Å². The van der Waals surface area contributed by atoms with Crippen LogP contribution >= 0.6 is 15.9 Å². The van der Waals surface area contributed by atoms with E-state index in [0.717, 1.165) is 4.47 Å². The highest BCUT2D eigenvalue weighted by atomic mass is 79.9. The van der Waals surface area contributed by atoms with Gasteiger partial charge >= 0.3 is 0 Å². The Labute approximate surface area is 139 Å². The number of hydrogen-bond donors (Lipinski definition) is 3. The Morgan fingerprint density at radius 3 is 3.00 bits per heavy atom. The Hall–Kier alpha value is -2.79. The Bertz CT molecular complexity index is 955. The lowest BCUT2D eigenvalue weighted by Gasteiger charge is -2.31. The van der Waals surface area contributed by atoms with Crippen molar-refractivity contribution in [2.45, 2.75) is 12.3 Å². The molecule has 7 nitrogen and oxygen atoms in total. The number of anilines is 1. The van der Waals surface area contributed by atoms with Gasteiger partial charge in [-0.25, -0.2) is 0 Å². The van der Waals surface area contributed by atoms with Crippen molar-refractivity contribution < 1.29 is 9.53 Å². The van der Waals surface area contributed by atoms with Crippen LogP contribution in [0.3, 0.4) is 0 Å². The summed E-state index contributed by atoms with van der Waals surface area (Å²) < 4.78 is 6.25. The van der Waals surface area contributed by atoms with Crippen molar-refractivity contribution in [2.24, 2.45) is 5.73 Å². The Kier molecular flexibility index (Phi) is 2.63. The fourth-order valence-electron chi connectivity index (χ4n) is 3.31. The van der Waals surface area contributed by atoms with Crippen molar-refractivity contribution >= 4 is 27.5 Å². The predicted octanol–water partition coefficient (Wildman–Crippen LogP) is 1.81. The van der Waals surface area contributed by atoms with Crippen molar-refractivity contribution in [1.82, 2.24) is 10.2 Å². The average Bonchev–Trinajstić information content (AvgIpc) is 2.99. The maximum absolute atomic E-state index is 13.0. The van der Waals surface area contributed by atoms with E-state index in [2.05, 4.69) is 31.4 Å². The summed E-state index contributed by atoms with van der Waals surface area (Å²) in [6.45, 7) is 1.78. The molecule has 23 heavy (non-hydrogen) atoms. The van der Waals surface area contributed by atoms with E-state index >= 15 is 0 Å². The predicted molar refractivity (Wildman–Crippen MR) is 84.3 cm³/mol. The van der Waals surface area contributed by atoms with Crippen LogP contribution in [0.4, 0.5) is 5.69 Å². The number of nitrogens with two attached hydrogens (primary N) is 1. The molecule has 114 valence electrons. The third-order valence-corrected chi connectivity index (χ3v) is 4.70. The van der Waals surface area contributed by atoms with E-state index in [0.29, 0.717) is 22.5 Å². The average molecular weight is 372 g/mol. The van der Waals surface area contributed by atoms with Crippen molar-refractivity contribution in [3.05, 3.63) is 50.9 Å². The molecular formula is C15H10BrN5O2. The number of aryl methyl sites for hydroxylation is 1. The Morgan fingerprint density at radius 2 is 2.26 bits per heavy atom. The normalized spacial score (nSPS) is 21.5. The van der Waals surface area contributed by atoms with Gasteiger partial charge in [0.05, 0.1) is 5.56 Å². The number of aromatic amines is 1.